The molecule has 4 aromatic rings. The molecule has 0 spiro atoms. The number of ether oxygens (including phenoxy) is 3. The second-order valence-corrected chi connectivity index (χ2v) is 9.19. The number of carboxylic acids is 1. The van der Waals surface area contributed by atoms with E-state index in [-0.39, 0.29) is 30.7 Å². The average molecular weight is 492 g/mol. The lowest BCUT2D eigenvalue weighted by Gasteiger charge is -2.16. The molecule has 0 aliphatic carbocycles. The zero-order chi connectivity index (χ0) is 23.9. The number of hydrogen-bond acceptors (Lipinski definition) is 6. The van der Waals surface area contributed by atoms with Crippen LogP contribution < -0.4 is 4.74 Å². The zero-order valence-electron chi connectivity index (χ0n) is 18.6. The number of pyridine rings is 1. The van der Waals surface area contributed by atoms with E-state index in [4.69, 9.17) is 30.9 Å². The van der Waals surface area contributed by atoms with Crippen molar-refractivity contribution in [1.82, 2.24) is 15.0 Å². The van der Waals surface area contributed by atoms with E-state index < -0.39 is 5.97 Å². The van der Waals surface area contributed by atoms with Crippen molar-refractivity contribution in [3.8, 4) is 28.4 Å². The van der Waals surface area contributed by atoms with Crippen LogP contribution in [0.1, 0.15) is 6.42 Å². The number of H-pyrrole nitrogens is 1. The van der Waals surface area contributed by atoms with Crippen molar-refractivity contribution in [3.63, 3.8) is 0 Å². The minimum Gasteiger partial charge on any atom is -0.481 e. The molecule has 35 heavy (non-hydrogen) atoms. The van der Waals surface area contributed by atoms with E-state index in [0.29, 0.717) is 41.1 Å². The summed E-state index contributed by atoms with van der Waals surface area (Å²) in [6, 6.07) is 20.3. The van der Waals surface area contributed by atoms with Gasteiger partial charge < -0.3 is 24.3 Å². The monoisotopic (exact) mass is 491 g/mol. The van der Waals surface area contributed by atoms with Crippen LogP contribution in [0.5, 0.6) is 6.01 Å². The van der Waals surface area contributed by atoms with Crippen molar-refractivity contribution < 1.29 is 24.1 Å². The van der Waals surface area contributed by atoms with Gasteiger partial charge in [-0.2, -0.15) is 4.98 Å². The first kappa shape index (κ1) is 22.0. The molecular formula is C26H22ClN3O5. The van der Waals surface area contributed by atoms with Gasteiger partial charge in [0.25, 0.3) is 6.01 Å². The number of aromatic amines is 1. The molecule has 8 nitrogen and oxygen atoms in total. The lowest BCUT2D eigenvalue weighted by Crippen LogP contribution is -2.34. The molecule has 2 aliphatic rings. The number of nitrogens with one attached hydrogen (secondary N) is 1. The minimum absolute atomic E-state index is 0.00997. The van der Waals surface area contributed by atoms with E-state index in [2.05, 4.69) is 27.1 Å². The molecule has 6 rings (SSSR count). The molecule has 178 valence electrons. The first-order valence-electron chi connectivity index (χ1n) is 11.4. The molecule has 0 bridgehead atoms. The highest BCUT2D eigenvalue weighted by molar-refractivity contribution is 6.33. The van der Waals surface area contributed by atoms with Gasteiger partial charge in [0, 0.05) is 11.5 Å². The van der Waals surface area contributed by atoms with Crippen molar-refractivity contribution in [2.45, 2.75) is 24.7 Å². The van der Waals surface area contributed by atoms with Crippen LogP contribution in [0.4, 0.5) is 0 Å². The van der Waals surface area contributed by atoms with Crippen LogP contribution in [0, 0.1) is 5.92 Å². The van der Waals surface area contributed by atoms with Crippen LogP contribution in [0.2, 0.25) is 5.02 Å². The SMILES string of the molecule is O=C(O)C[C@H]1CO[C@H]2[C@@H]1OC[C@H]2Oc1nc2nc(-c3ccc(-c4ccccc4)cc3)c(Cl)cc2[nH]1. The normalized spacial score (nSPS) is 23.5. The molecule has 2 aromatic heterocycles. The van der Waals surface area contributed by atoms with Crippen molar-refractivity contribution in [2.24, 2.45) is 5.92 Å². The number of hydrogen-bond donors (Lipinski definition) is 2. The highest BCUT2D eigenvalue weighted by Gasteiger charge is 2.49. The number of rotatable bonds is 6. The second kappa shape index (κ2) is 8.96. The van der Waals surface area contributed by atoms with E-state index in [1.807, 2.05) is 42.5 Å². The smallest absolute Gasteiger partial charge is 0.303 e. The third-order valence-electron chi connectivity index (χ3n) is 6.48. The summed E-state index contributed by atoms with van der Waals surface area (Å²) in [5, 5.41) is 9.59. The summed E-state index contributed by atoms with van der Waals surface area (Å²) in [7, 11) is 0. The Balaban J connectivity index is 1.21. The summed E-state index contributed by atoms with van der Waals surface area (Å²) in [6.07, 6.45) is -1.00. The summed E-state index contributed by atoms with van der Waals surface area (Å²) in [4.78, 5) is 23.4. The molecule has 0 radical (unpaired) electrons. The van der Waals surface area contributed by atoms with Gasteiger partial charge in [-0.15, -0.1) is 0 Å². The van der Waals surface area contributed by atoms with Crippen LogP contribution in [0.3, 0.4) is 0 Å². The van der Waals surface area contributed by atoms with E-state index in [9.17, 15) is 4.79 Å². The molecule has 2 N–H and O–H groups in total. The molecule has 2 fully saturated rings. The number of fused-ring (bicyclic) bond motifs is 2. The van der Waals surface area contributed by atoms with E-state index in [1.165, 1.54) is 0 Å². The molecule has 0 saturated carbocycles. The predicted octanol–water partition coefficient (Wildman–Crippen LogP) is 4.58. The molecule has 4 heterocycles. The largest absolute Gasteiger partial charge is 0.481 e. The van der Waals surface area contributed by atoms with Gasteiger partial charge in [0.05, 0.1) is 42.0 Å². The number of benzene rings is 2. The van der Waals surface area contributed by atoms with Crippen molar-refractivity contribution >= 4 is 28.7 Å². The highest BCUT2D eigenvalue weighted by Crippen LogP contribution is 2.35. The molecule has 0 amide bonds. The summed E-state index contributed by atoms with van der Waals surface area (Å²) in [5.41, 5.74) is 4.91. The fourth-order valence-corrected chi connectivity index (χ4v) is 5.05. The second-order valence-electron chi connectivity index (χ2n) is 8.79. The van der Waals surface area contributed by atoms with Crippen LogP contribution in [-0.4, -0.2) is 57.6 Å². The molecule has 9 heteroatoms. The Hall–Kier alpha value is -3.46. The molecule has 2 saturated heterocycles. The number of nitrogens with zero attached hydrogens (tertiary/aromatic N) is 2. The molecular weight excluding hydrogens is 470 g/mol. The summed E-state index contributed by atoms with van der Waals surface area (Å²) in [5.74, 6) is -1.05. The Morgan fingerprint density at radius 2 is 1.71 bits per heavy atom. The van der Waals surface area contributed by atoms with E-state index in [1.54, 1.807) is 6.07 Å². The van der Waals surface area contributed by atoms with Crippen molar-refractivity contribution in [1.29, 1.82) is 0 Å². The molecule has 2 aromatic carbocycles. The summed E-state index contributed by atoms with van der Waals surface area (Å²) < 4.78 is 17.6. The van der Waals surface area contributed by atoms with Gasteiger partial charge in [-0.05, 0) is 17.2 Å². The Labute approximate surface area is 205 Å². The standard InChI is InChI=1S/C26H22ClN3O5/c27-18-11-19-25(29-22(18)16-8-6-15(7-9-16)14-4-2-1-3-5-14)30-26(28-19)35-20-13-34-23-17(10-21(31)32)12-33-24(20)23/h1-9,11,17,20,23-24H,10,12-13H2,(H,31,32)(H,28,29,30)/t17-,20+,23+,24+/m0/s1. The van der Waals surface area contributed by atoms with Crippen molar-refractivity contribution in [3.05, 3.63) is 65.7 Å². The van der Waals surface area contributed by atoms with Gasteiger partial charge in [0.15, 0.2) is 11.8 Å². The fourth-order valence-electron chi connectivity index (χ4n) is 4.79. The van der Waals surface area contributed by atoms with Gasteiger partial charge in [0.2, 0.25) is 0 Å². The maximum atomic E-state index is 11.1. The zero-order valence-corrected chi connectivity index (χ0v) is 19.3. The third-order valence-corrected chi connectivity index (χ3v) is 6.77. The lowest BCUT2D eigenvalue weighted by atomic mass is 9.98. The van der Waals surface area contributed by atoms with Crippen LogP contribution in [0.25, 0.3) is 33.5 Å². The van der Waals surface area contributed by atoms with Crippen molar-refractivity contribution in [2.75, 3.05) is 13.2 Å². The van der Waals surface area contributed by atoms with Gasteiger partial charge >= 0.3 is 5.97 Å². The van der Waals surface area contributed by atoms with Crippen LogP contribution in [0.15, 0.2) is 60.7 Å². The Morgan fingerprint density at radius 1 is 1.00 bits per heavy atom. The Kier molecular flexibility index (Phi) is 5.64. The van der Waals surface area contributed by atoms with E-state index >= 15 is 0 Å². The van der Waals surface area contributed by atoms with Gasteiger partial charge in [0.1, 0.15) is 6.10 Å². The fraction of sp³-hybridized carbons (Fsp3) is 0.269. The van der Waals surface area contributed by atoms with Crippen LogP contribution in [-0.2, 0) is 14.3 Å². The topological polar surface area (TPSA) is 107 Å². The molecule has 2 aliphatic heterocycles. The number of halogens is 1. The number of carbonyl (C=O) groups is 1. The first-order valence-corrected chi connectivity index (χ1v) is 11.8. The van der Waals surface area contributed by atoms with Gasteiger partial charge in [-0.1, -0.05) is 66.2 Å². The minimum atomic E-state index is -0.863. The Morgan fingerprint density at radius 3 is 2.49 bits per heavy atom. The Bertz CT molecular complexity index is 1380. The predicted molar refractivity (Wildman–Crippen MR) is 129 cm³/mol. The average Bonchev–Trinajstić information content (AvgIpc) is 3.55. The maximum absolute atomic E-state index is 11.1. The van der Waals surface area contributed by atoms with E-state index in [0.717, 1.165) is 16.7 Å². The van der Waals surface area contributed by atoms with Gasteiger partial charge in [-0.3, -0.25) is 4.79 Å². The maximum Gasteiger partial charge on any atom is 0.303 e. The highest BCUT2D eigenvalue weighted by atomic mass is 35.5. The number of aliphatic carboxylic acids is 1. The molecule has 4 atom stereocenters. The quantitative estimate of drug-likeness (QED) is 0.406. The lowest BCUT2D eigenvalue weighted by molar-refractivity contribution is -0.138. The summed E-state index contributed by atoms with van der Waals surface area (Å²) >= 11 is 6.57. The number of carboxylic acid groups (broad SMARTS) is 1. The third kappa shape index (κ3) is 4.25. The number of aromatic nitrogens is 3. The first-order chi connectivity index (χ1) is 17.0. The molecule has 0 unspecified atom stereocenters. The summed E-state index contributed by atoms with van der Waals surface area (Å²) in [6.45, 7) is 0.640. The number of imidazole rings is 1. The van der Waals surface area contributed by atoms with Crippen LogP contribution >= 0.6 is 11.6 Å². The van der Waals surface area contributed by atoms with Gasteiger partial charge in [-0.25, -0.2) is 4.98 Å².